The second-order valence-electron chi connectivity index (χ2n) is 10.6. The Kier molecular flexibility index (Phi) is 9.20. The first-order valence-electron chi connectivity index (χ1n) is 13.6. The van der Waals surface area contributed by atoms with Crippen LogP contribution in [0.1, 0.15) is 45.2 Å². The fourth-order valence-corrected chi connectivity index (χ4v) is 13.8. The van der Waals surface area contributed by atoms with Gasteiger partial charge in [0.05, 0.1) is 0 Å². The number of hydrogen-bond donors (Lipinski definition) is 0. The summed E-state index contributed by atoms with van der Waals surface area (Å²) in [5.74, 6) is 0.392. The van der Waals surface area contributed by atoms with E-state index in [1.807, 2.05) is 18.2 Å². The van der Waals surface area contributed by atoms with Crippen LogP contribution in [0.3, 0.4) is 0 Å². The quantitative estimate of drug-likeness (QED) is 0.247. The number of allylic oxidation sites excluding steroid dienone is 2. The molecule has 0 amide bonds. The van der Waals surface area contributed by atoms with Crippen molar-refractivity contribution in [2.24, 2.45) is 0 Å². The van der Waals surface area contributed by atoms with Gasteiger partial charge in [0, 0.05) is 0 Å². The Morgan fingerprint density at radius 1 is 0.535 bits per heavy atom. The monoisotopic (exact) mass is 750 g/mol. The second-order valence-corrected chi connectivity index (χ2v) is 17.5. The maximum Gasteiger partial charge on any atom is -1.00 e. The zero-order valence-electron chi connectivity index (χ0n) is 22.5. The van der Waals surface area contributed by atoms with Gasteiger partial charge in [-0.25, -0.2) is 0 Å². The van der Waals surface area contributed by atoms with Crippen LogP contribution in [0, 0.1) is 0 Å². The van der Waals surface area contributed by atoms with Gasteiger partial charge in [0.2, 0.25) is 0 Å². The number of fused-ring (bicyclic) bond motifs is 3. The predicted octanol–water partition coefficient (Wildman–Crippen LogP) is 3.48. The van der Waals surface area contributed by atoms with Gasteiger partial charge in [-0.3, -0.25) is 0 Å². The molecular formula is C36H22Cl5PZr. The van der Waals surface area contributed by atoms with Gasteiger partial charge in [-0.1, -0.05) is 0 Å². The Labute approximate surface area is 292 Å². The maximum atomic E-state index is 7.08. The molecule has 2 aliphatic heterocycles. The van der Waals surface area contributed by atoms with E-state index in [-0.39, 0.29) is 36.6 Å². The molecule has 5 aromatic rings. The van der Waals surface area contributed by atoms with Crippen molar-refractivity contribution in [3.05, 3.63) is 164 Å². The minimum atomic E-state index is -1.25. The molecule has 2 heterocycles. The van der Waals surface area contributed by atoms with Crippen LogP contribution in [0.5, 0.6) is 0 Å². The molecule has 0 saturated heterocycles. The van der Waals surface area contributed by atoms with Gasteiger partial charge in [0.15, 0.2) is 0 Å². The molecule has 43 heavy (non-hydrogen) atoms. The molecular weight excluding hydrogens is 732 g/mol. The van der Waals surface area contributed by atoms with Crippen molar-refractivity contribution in [2.75, 3.05) is 0 Å². The minimum Gasteiger partial charge on any atom is -1.00 e. The van der Waals surface area contributed by atoms with Gasteiger partial charge in [-0.05, 0) is 0 Å². The Bertz CT molecular complexity index is 1900. The summed E-state index contributed by atoms with van der Waals surface area (Å²) in [5, 5.41) is 6.51. The van der Waals surface area contributed by atoms with Crippen LogP contribution in [0.25, 0.3) is 12.2 Å². The number of halogens is 5. The van der Waals surface area contributed by atoms with Crippen molar-refractivity contribution < 1.29 is 48.0 Å². The topological polar surface area (TPSA) is 0 Å². The summed E-state index contributed by atoms with van der Waals surface area (Å²) in [6.07, 6.45) is 4.95. The molecule has 3 atom stereocenters. The summed E-state index contributed by atoms with van der Waals surface area (Å²) in [7, 11) is -0.750. The molecule has 5 aromatic carbocycles. The zero-order valence-corrected chi connectivity index (χ0v) is 29.7. The summed E-state index contributed by atoms with van der Waals surface area (Å²) in [5.41, 5.74) is 7.75. The molecule has 2 aliphatic carbocycles. The van der Waals surface area contributed by atoms with Crippen molar-refractivity contribution in [3.8, 4) is 0 Å². The van der Waals surface area contributed by atoms with E-state index in [0.717, 1.165) is 15.1 Å². The largest absolute Gasteiger partial charge is 1.00 e. The van der Waals surface area contributed by atoms with Gasteiger partial charge < -0.3 is 24.8 Å². The van der Waals surface area contributed by atoms with E-state index < -0.39 is 31.2 Å². The molecule has 0 saturated carbocycles. The Balaban J connectivity index is 0.00000165. The number of rotatable bonds is 4. The van der Waals surface area contributed by atoms with Crippen LogP contribution in [-0.2, 0) is 23.2 Å². The van der Waals surface area contributed by atoms with Crippen LogP contribution >= 0.6 is 42.7 Å². The molecule has 0 aromatic heterocycles. The predicted molar refractivity (Wildman–Crippen MR) is 173 cm³/mol. The van der Waals surface area contributed by atoms with Crippen LogP contribution in [-0.4, -0.2) is 0 Å². The number of hydrogen-bond acceptors (Lipinski definition) is 0. The smallest absolute Gasteiger partial charge is 1.00 e. The normalized spacial score (nSPS) is 18.6. The zero-order chi connectivity index (χ0) is 27.7. The molecule has 0 N–H and O–H groups in total. The molecule has 3 unspecified atom stereocenters. The fourth-order valence-electron chi connectivity index (χ4n) is 6.58. The first-order valence-corrected chi connectivity index (χ1v) is 18.5. The Morgan fingerprint density at radius 3 is 1.86 bits per heavy atom. The van der Waals surface area contributed by atoms with Crippen LogP contribution < -0.4 is 40.7 Å². The van der Waals surface area contributed by atoms with Crippen molar-refractivity contribution in [1.82, 2.24) is 0 Å². The van der Waals surface area contributed by atoms with E-state index >= 15 is 0 Å². The minimum absolute atomic E-state index is 0. The van der Waals surface area contributed by atoms with Crippen LogP contribution in [0.2, 0.25) is 15.1 Å². The molecule has 6 bridgehead atoms. The van der Waals surface area contributed by atoms with E-state index in [1.165, 1.54) is 49.3 Å². The van der Waals surface area contributed by atoms with Gasteiger partial charge >= 0.3 is 270 Å². The fraction of sp³-hybridized carbons (Fsp3) is 0.0556. The SMILES string of the molecule is Clc1ccc(P2c3ccc(cc3)C3[C]([Zr+2][C]4=Cc5cccc(Cl)c5C4c4ccccc4)=Cc4c2ccc(Cl)c43)cc1.[Cl-].[Cl-]. The van der Waals surface area contributed by atoms with E-state index in [0.29, 0.717) is 0 Å². The van der Waals surface area contributed by atoms with Gasteiger partial charge in [0.1, 0.15) is 0 Å². The van der Waals surface area contributed by atoms with Crippen LogP contribution in [0.15, 0.2) is 116 Å². The first kappa shape index (κ1) is 31.3. The average Bonchev–Trinajstić information content (AvgIpc) is 3.57. The summed E-state index contributed by atoms with van der Waals surface area (Å²) in [4.78, 5) is 0. The van der Waals surface area contributed by atoms with Crippen molar-refractivity contribution in [3.63, 3.8) is 0 Å². The second kappa shape index (κ2) is 12.6. The molecule has 0 radical (unpaired) electrons. The van der Waals surface area contributed by atoms with E-state index in [9.17, 15) is 0 Å². The van der Waals surface area contributed by atoms with Crippen LogP contribution in [0.4, 0.5) is 0 Å². The van der Waals surface area contributed by atoms with Crippen molar-refractivity contribution in [2.45, 2.75) is 11.8 Å². The van der Waals surface area contributed by atoms with Crippen molar-refractivity contribution >= 4 is 70.8 Å². The standard InChI is InChI=1S/C21H12Cl2P.C15H10Cl.2ClH.Zr/c22-14-3-7-16(8-4-14)24-15-5-1-13(2-6-15)17-9-10-18-20(24)12-11-19(23)21(17)18;16-14-8-4-7-12-9-10-13(15(12)14)11-5-2-1-3-6-11;;;/h1-8,10-12,17H;1-9,13H;2*1H;/q;;;;+2/p-2. The molecule has 0 spiro atoms. The molecule has 4 aliphatic rings. The third-order valence-electron chi connectivity index (χ3n) is 8.34. The Morgan fingerprint density at radius 2 is 1.14 bits per heavy atom. The Hall–Kier alpha value is -1.66. The van der Waals surface area contributed by atoms with E-state index in [1.54, 1.807) is 6.56 Å². The summed E-state index contributed by atoms with van der Waals surface area (Å²) >= 11 is 19.0. The molecule has 0 fully saturated rings. The molecule has 7 heteroatoms. The maximum absolute atomic E-state index is 7.08. The first-order chi connectivity index (χ1) is 20.1. The molecule has 9 rings (SSSR count). The van der Waals surface area contributed by atoms with E-state index in [2.05, 4.69) is 103 Å². The van der Waals surface area contributed by atoms with Crippen molar-refractivity contribution in [1.29, 1.82) is 0 Å². The molecule has 210 valence electrons. The average molecular weight is 754 g/mol. The summed E-state index contributed by atoms with van der Waals surface area (Å²) < 4.78 is 3.09. The summed E-state index contributed by atoms with van der Waals surface area (Å²) in [6, 6.07) is 39.3. The summed E-state index contributed by atoms with van der Waals surface area (Å²) in [6.45, 7) is 0. The number of benzene rings is 5. The van der Waals surface area contributed by atoms with Gasteiger partial charge in [-0.2, -0.15) is 0 Å². The third-order valence-corrected chi connectivity index (χ3v) is 15.3. The van der Waals surface area contributed by atoms with E-state index in [4.69, 9.17) is 34.8 Å². The third kappa shape index (κ3) is 5.34. The van der Waals surface area contributed by atoms with Gasteiger partial charge in [0.25, 0.3) is 0 Å². The molecule has 0 nitrogen and oxygen atoms in total. The van der Waals surface area contributed by atoms with Gasteiger partial charge in [-0.15, -0.1) is 0 Å².